The van der Waals surface area contributed by atoms with Crippen LogP contribution in [0.15, 0.2) is 15.8 Å². The molecule has 2 rings (SSSR count). The number of nitrogens with zero attached hydrogens (tertiary/aromatic N) is 1. The van der Waals surface area contributed by atoms with Crippen molar-refractivity contribution in [2.45, 2.75) is 71.2 Å². The third-order valence-corrected chi connectivity index (χ3v) is 4.43. The van der Waals surface area contributed by atoms with E-state index < -0.39 is 53.1 Å². The van der Waals surface area contributed by atoms with E-state index in [9.17, 15) is 29.7 Å². The molecule has 0 amide bonds. The number of aryl methyl sites for hydroxylation is 1. The number of H-pyrrole nitrogens is 1. The molecule has 1 aromatic heterocycles. The highest BCUT2D eigenvalue weighted by atomic mass is 16.6. The number of hydrogen-bond donors (Lipinski definition) is 4. The Hall–Kier alpha value is -1.81. The van der Waals surface area contributed by atoms with Crippen LogP contribution in [0.4, 0.5) is 0 Å². The lowest BCUT2D eigenvalue weighted by Gasteiger charge is -2.26. The lowest BCUT2D eigenvalue weighted by Crippen LogP contribution is -2.46. The Labute approximate surface area is 150 Å². The van der Waals surface area contributed by atoms with Crippen molar-refractivity contribution in [2.24, 2.45) is 5.41 Å². The summed E-state index contributed by atoms with van der Waals surface area (Å²) in [6, 6.07) is 0. The van der Waals surface area contributed by atoms with Gasteiger partial charge >= 0.3 is 5.69 Å². The van der Waals surface area contributed by atoms with Crippen molar-refractivity contribution >= 4 is 5.78 Å². The summed E-state index contributed by atoms with van der Waals surface area (Å²) in [5.74, 6) is -0.560. The molecule has 4 N–H and O–H groups in total. The number of ether oxygens (including phenoxy) is 1. The van der Waals surface area contributed by atoms with E-state index in [1.54, 1.807) is 20.8 Å². The van der Waals surface area contributed by atoms with E-state index in [0.717, 1.165) is 4.57 Å². The molecule has 0 aliphatic carbocycles. The van der Waals surface area contributed by atoms with Gasteiger partial charge in [0.1, 0.15) is 24.4 Å². The Kier molecular flexibility index (Phi) is 5.86. The average molecular weight is 370 g/mol. The maximum absolute atomic E-state index is 12.3. The van der Waals surface area contributed by atoms with Crippen LogP contribution in [0.25, 0.3) is 0 Å². The molecule has 9 heteroatoms. The number of aliphatic hydroxyl groups excluding tert-OH is 3. The van der Waals surface area contributed by atoms with Crippen LogP contribution in [0.2, 0.25) is 0 Å². The normalized spacial score (nSPS) is 27.5. The molecule has 146 valence electrons. The number of carbonyl (C=O) groups excluding carboxylic acids is 1. The minimum absolute atomic E-state index is 0.326. The third-order valence-electron chi connectivity index (χ3n) is 4.43. The molecule has 9 nitrogen and oxygen atoms in total. The summed E-state index contributed by atoms with van der Waals surface area (Å²) in [4.78, 5) is 38.3. The number of Topliss-reactive ketones (excluding diaryl/α,β-unsaturated/α-hetero) is 1. The number of aromatic amines is 1. The first-order chi connectivity index (χ1) is 12.0. The second kappa shape index (κ2) is 7.43. The maximum atomic E-state index is 12.3. The molecule has 1 aliphatic heterocycles. The Bertz CT molecular complexity index is 777. The lowest BCUT2D eigenvalue weighted by molar-refractivity contribution is -0.149. The van der Waals surface area contributed by atoms with Crippen molar-refractivity contribution in [3.8, 4) is 0 Å². The van der Waals surface area contributed by atoms with Gasteiger partial charge in [-0.05, 0) is 6.42 Å². The molecule has 1 aromatic rings. The van der Waals surface area contributed by atoms with Gasteiger partial charge in [-0.25, -0.2) is 4.79 Å². The molecule has 1 fully saturated rings. The average Bonchev–Trinajstić information content (AvgIpc) is 2.84. The molecule has 0 spiro atoms. The zero-order chi connectivity index (χ0) is 19.8. The number of carbonyl (C=O) groups is 1. The van der Waals surface area contributed by atoms with Gasteiger partial charge in [0.05, 0.1) is 0 Å². The van der Waals surface area contributed by atoms with Crippen molar-refractivity contribution in [3.05, 3.63) is 32.6 Å². The summed E-state index contributed by atoms with van der Waals surface area (Å²) in [5.41, 5.74) is -1.90. The molecule has 1 saturated heterocycles. The molecule has 0 saturated carbocycles. The van der Waals surface area contributed by atoms with Crippen LogP contribution in [-0.2, 0) is 16.0 Å². The zero-order valence-corrected chi connectivity index (χ0v) is 15.3. The van der Waals surface area contributed by atoms with Crippen LogP contribution < -0.4 is 11.2 Å². The monoisotopic (exact) mass is 370 g/mol. The van der Waals surface area contributed by atoms with Crippen LogP contribution in [0.3, 0.4) is 0 Å². The van der Waals surface area contributed by atoms with E-state index in [-0.39, 0.29) is 0 Å². The quantitative estimate of drug-likeness (QED) is 0.525. The predicted molar refractivity (Wildman–Crippen MR) is 91.7 cm³/mol. The van der Waals surface area contributed by atoms with Crippen molar-refractivity contribution in [3.63, 3.8) is 0 Å². The van der Waals surface area contributed by atoms with Gasteiger partial charge in [0.15, 0.2) is 12.0 Å². The number of rotatable bonds is 5. The van der Waals surface area contributed by atoms with E-state index in [2.05, 4.69) is 4.98 Å². The van der Waals surface area contributed by atoms with Gasteiger partial charge in [0.25, 0.3) is 5.56 Å². The van der Waals surface area contributed by atoms with Gasteiger partial charge in [0, 0.05) is 17.2 Å². The van der Waals surface area contributed by atoms with Gasteiger partial charge in [-0.15, -0.1) is 0 Å². The predicted octanol–water partition coefficient (Wildman–Crippen LogP) is -0.916. The Balaban J connectivity index is 2.36. The molecule has 5 atom stereocenters. The fraction of sp³-hybridized carbons (Fsp3) is 0.706. The Morgan fingerprint density at radius 1 is 1.31 bits per heavy atom. The largest absolute Gasteiger partial charge is 0.387 e. The zero-order valence-electron chi connectivity index (χ0n) is 15.3. The summed E-state index contributed by atoms with van der Waals surface area (Å²) in [6.45, 7) is 6.69. The van der Waals surface area contributed by atoms with Crippen LogP contribution >= 0.6 is 0 Å². The van der Waals surface area contributed by atoms with Crippen LogP contribution in [0.1, 0.15) is 45.9 Å². The molecule has 1 aliphatic rings. The van der Waals surface area contributed by atoms with Crippen molar-refractivity contribution in [1.82, 2.24) is 9.55 Å². The van der Waals surface area contributed by atoms with E-state index in [1.807, 2.05) is 6.92 Å². The summed E-state index contributed by atoms with van der Waals surface area (Å²) in [6.07, 6.45) is -5.18. The van der Waals surface area contributed by atoms with Gasteiger partial charge in [-0.2, -0.15) is 0 Å². The van der Waals surface area contributed by atoms with Gasteiger partial charge in [0.2, 0.25) is 0 Å². The fourth-order valence-electron chi connectivity index (χ4n) is 2.93. The Morgan fingerprint density at radius 3 is 2.46 bits per heavy atom. The SMILES string of the molecule is CCCc1cn([C@@H]2O[C@H](C(O)C(=O)C(C)(C)C)[C@@H](O)[C@@H]2O)c(=O)[nH]c1=O. The third kappa shape index (κ3) is 3.80. The van der Waals surface area contributed by atoms with E-state index in [4.69, 9.17) is 4.74 Å². The molecule has 26 heavy (non-hydrogen) atoms. The number of ketones is 1. The van der Waals surface area contributed by atoms with Crippen LogP contribution in [0, 0.1) is 5.41 Å². The smallest absolute Gasteiger partial charge is 0.330 e. The first-order valence-corrected chi connectivity index (χ1v) is 8.57. The first-order valence-electron chi connectivity index (χ1n) is 8.57. The highest BCUT2D eigenvalue weighted by Gasteiger charge is 2.50. The standard InChI is InChI=1S/C17H26N2O7/c1-5-6-8-7-19(16(25)18-14(8)24)15-10(21)9(20)12(26-15)11(22)13(23)17(2,3)4/h7,9-12,15,20-22H,5-6H2,1-4H3,(H,18,24,25)/t9-,10-,11?,12-,15+/m0/s1. The van der Waals surface area contributed by atoms with Gasteiger partial charge in [-0.3, -0.25) is 19.1 Å². The minimum Gasteiger partial charge on any atom is -0.387 e. The van der Waals surface area contributed by atoms with Crippen molar-refractivity contribution < 1.29 is 24.9 Å². The van der Waals surface area contributed by atoms with Crippen LogP contribution in [0.5, 0.6) is 0 Å². The van der Waals surface area contributed by atoms with Gasteiger partial charge < -0.3 is 20.1 Å². The molecule has 0 aromatic carbocycles. The van der Waals surface area contributed by atoms with E-state index in [1.165, 1.54) is 6.20 Å². The second-order valence-corrected chi connectivity index (χ2v) is 7.60. The summed E-state index contributed by atoms with van der Waals surface area (Å²) >= 11 is 0. The summed E-state index contributed by atoms with van der Waals surface area (Å²) in [5, 5.41) is 30.8. The Morgan fingerprint density at radius 2 is 1.92 bits per heavy atom. The number of aliphatic hydroxyl groups is 3. The topological polar surface area (TPSA) is 142 Å². The number of aromatic nitrogens is 2. The lowest BCUT2D eigenvalue weighted by atomic mass is 9.85. The second-order valence-electron chi connectivity index (χ2n) is 7.60. The highest BCUT2D eigenvalue weighted by molar-refractivity contribution is 5.88. The molecular formula is C17H26N2O7. The molecule has 2 heterocycles. The van der Waals surface area contributed by atoms with E-state index >= 15 is 0 Å². The highest BCUT2D eigenvalue weighted by Crippen LogP contribution is 2.32. The maximum Gasteiger partial charge on any atom is 0.330 e. The van der Waals surface area contributed by atoms with E-state index in [0.29, 0.717) is 18.4 Å². The molecule has 1 unspecified atom stereocenters. The molecule has 0 radical (unpaired) electrons. The van der Waals surface area contributed by atoms with Crippen LogP contribution in [-0.4, -0.2) is 55.1 Å². The first kappa shape index (κ1) is 20.5. The summed E-state index contributed by atoms with van der Waals surface area (Å²) in [7, 11) is 0. The van der Waals surface area contributed by atoms with Crippen molar-refractivity contribution in [2.75, 3.05) is 0 Å². The summed E-state index contributed by atoms with van der Waals surface area (Å²) < 4.78 is 6.44. The number of hydrogen-bond acceptors (Lipinski definition) is 7. The molecule has 0 bridgehead atoms. The van der Waals surface area contributed by atoms with Crippen molar-refractivity contribution in [1.29, 1.82) is 0 Å². The fourth-order valence-corrected chi connectivity index (χ4v) is 2.93. The van der Waals surface area contributed by atoms with Gasteiger partial charge in [-0.1, -0.05) is 34.1 Å². The minimum atomic E-state index is -1.67. The molecular weight excluding hydrogens is 344 g/mol. The number of nitrogens with one attached hydrogen (secondary N) is 1.